The van der Waals surface area contributed by atoms with Crippen LogP contribution in [0.15, 0.2) is 24.3 Å². The van der Waals surface area contributed by atoms with Crippen LogP contribution in [0.4, 0.5) is 0 Å². The van der Waals surface area contributed by atoms with Crippen molar-refractivity contribution in [1.82, 2.24) is 0 Å². The van der Waals surface area contributed by atoms with E-state index < -0.39 is 17.4 Å². The highest BCUT2D eigenvalue weighted by Crippen LogP contribution is 2.33. The second-order valence-electron chi connectivity index (χ2n) is 4.67. The molecule has 0 atom stereocenters. The monoisotopic (exact) mass is 323 g/mol. The van der Waals surface area contributed by atoms with Crippen LogP contribution in [0.3, 0.4) is 0 Å². The van der Waals surface area contributed by atoms with Crippen molar-refractivity contribution in [2.45, 2.75) is 32.1 Å². The van der Waals surface area contributed by atoms with Crippen molar-refractivity contribution in [3.05, 3.63) is 34.9 Å². The van der Waals surface area contributed by atoms with E-state index in [0.717, 1.165) is 0 Å². The van der Waals surface area contributed by atoms with Gasteiger partial charge in [-0.2, -0.15) is 5.26 Å². The van der Waals surface area contributed by atoms with Crippen LogP contribution in [0.25, 0.3) is 0 Å². The molecule has 22 heavy (non-hydrogen) atoms. The van der Waals surface area contributed by atoms with Crippen LogP contribution in [-0.2, 0) is 24.5 Å². The van der Waals surface area contributed by atoms with Crippen molar-refractivity contribution in [3.63, 3.8) is 0 Å². The quantitative estimate of drug-likeness (QED) is 0.721. The maximum absolute atomic E-state index is 11.9. The summed E-state index contributed by atoms with van der Waals surface area (Å²) in [5, 5.41) is 10.1. The predicted molar refractivity (Wildman–Crippen MR) is 81.2 cm³/mol. The molecule has 0 N–H and O–H groups in total. The van der Waals surface area contributed by atoms with E-state index in [4.69, 9.17) is 21.1 Å². The minimum absolute atomic E-state index is 0.204. The SMILES string of the molecule is CCOC(=O)CC(C#N)(CC(=O)OCC)c1cccc(Cl)c1. The van der Waals surface area contributed by atoms with Gasteiger partial charge in [0.2, 0.25) is 0 Å². The predicted octanol–water partition coefficient (Wildman–Crippen LogP) is 3.01. The third kappa shape index (κ3) is 4.74. The molecule has 0 aliphatic rings. The molecule has 0 amide bonds. The maximum atomic E-state index is 11.9. The number of ether oxygens (including phenoxy) is 2. The lowest BCUT2D eigenvalue weighted by Crippen LogP contribution is -2.32. The van der Waals surface area contributed by atoms with Crippen molar-refractivity contribution in [3.8, 4) is 6.07 Å². The summed E-state index contributed by atoms with van der Waals surface area (Å²) in [7, 11) is 0. The Bertz CT molecular complexity index is 560. The largest absolute Gasteiger partial charge is 0.466 e. The van der Waals surface area contributed by atoms with E-state index in [1.165, 1.54) is 0 Å². The van der Waals surface area contributed by atoms with Gasteiger partial charge in [-0.05, 0) is 31.5 Å². The Morgan fingerprint density at radius 2 is 1.73 bits per heavy atom. The molecule has 0 heterocycles. The average molecular weight is 324 g/mol. The van der Waals surface area contributed by atoms with Gasteiger partial charge in [0.1, 0.15) is 5.41 Å². The van der Waals surface area contributed by atoms with Crippen LogP contribution in [0.5, 0.6) is 0 Å². The van der Waals surface area contributed by atoms with Crippen LogP contribution in [-0.4, -0.2) is 25.2 Å². The fraction of sp³-hybridized carbons (Fsp3) is 0.438. The molecular formula is C16H18ClNO4. The number of esters is 2. The lowest BCUT2D eigenvalue weighted by Gasteiger charge is -2.25. The van der Waals surface area contributed by atoms with Gasteiger partial charge >= 0.3 is 11.9 Å². The fourth-order valence-corrected chi connectivity index (χ4v) is 2.30. The summed E-state index contributed by atoms with van der Waals surface area (Å²) < 4.78 is 9.83. The fourth-order valence-electron chi connectivity index (χ4n) is 2.11. The van der Waals surface area contributed by atoms with E-state index >= 15 is 0 Å². The van der Waals surface area contributed by atoms with Crippen molar-refractivity contribution in [1.29, 1.82) is 5.26 Å². The molecule has 0 saturated carbocycles. The molecule has 5 nitrogen and oxygen atoms in total. The van der Waals surface area contributed by atoms with Crippen LogP contribution >= 0.6 is 11.6 Å². The number of hydrogen-bond acceptors (Lipinski definition) is 5. The topological polar surface area (TPSA) is 76.4 Å². The Balaban J connectivity index is 3.19. The molecule has 0 aromatic heterocycles. The first kappa shape index (κ1) is 18.0. The summed E-state index contributed by atoms with van der Waals surface area (Å²) in [6.07, 6.45) is -0.479. The van der Waals surface area contributed by atoms with E-state index in [2.05, 4.69) is 6.07 Å². The van der Waals surface area contributed by atoms with Crippen molar-refractivity contribution in [2.75, 3.05) is 13.2 Å². The van der Waals surface area contributed by atoms with E-state index in [1.807, 2.05) is 0 Å². The molecule has 118 valence electrons. The van der Waals surface area contributed by atoms with Crippen molar-refractivity contribution >= 4 is 23.5 Å². The molecule has 0 radical (unpaired) electrons. The first-order valence-electron chi connectivity index (χ1n) is 6.96. The number of carbonyl (C=O) groups excluding carboxylic acids is 2. The number of nitrogens with zero attached hydrogens (tertiary/aromatic N) is 1. The number of hydrogen-bond donors (Lipinski definition) is 0. The number of carbonyl (C=O) groups is 2. The molecule has 1 aromatic rings. The van der Waals surface area contributed by atoms with Crippen LogP contribution in [0.1, 0.15) is 32.3 Å². The minimum atomic E-state index is -1.36. The zero-order valence-corrected chi connectivity index (χ0v) is 13.4. The van der Waals surface area contributed by atoms with Gasteiger partial charge in [-0.15, -0.1) is 0 Å². The maximum Gasteiger partial charge on any atom is 0.307 e. The highest BCUT2D eigenvalue weighted by molar-refractivity contribution is 6.30. The standard InChI is InChI=1S/C16H18ClNO4/c1-3-21-14(19)9-16(11-18,10-15(20)22-4-2)12-6-5-7-13(17)8-12/h5-8H,3-4,9-10H2,1-2H3. The average Bonchev–Trinajstić information content (AvgIpc) is 2.47. The Morgan fingerprint density at radius 3 is 2.14 bits per heavy atom. The summed E-state index contributed by atoms with van der Waals surface area (Å²) in [5.74, 6) is -1.10. The normalized spacial score (nSPS) is 10.6. The van der Waals surface area contributed by atoms with E-state index in [-0.39, 0.29) is 26.1 Å². The summed E-state index contributed by atoms with van der Waals surface area (Å²) in [6.45, 7) is 3.76. The Kier molecular flexibility index (Phi) is 6.87. The summed E-state index contributed by atoms with van der Waals surface area (Å²) in [4.78, 5) is 23.7. The molecule has 0 aliphatic heterocycles. The first-order chi connectivity index (χ1) is 10.5. The van der Waals surface area contributed by atoms with Gasteiger partial charge in [-0.1, -0.05) is 23.7 Å². The molecule has 0 fully saturated rings. The highest BCUT2D eigenvalue weighted by atomic mass is 35.5. The molecular weight excluding hydrogens is 306 g/mol. The third-order valence-electron chi connectivity index (χ3n) is 3.09. The van der Waals surface area contributed by atoms with Crippen LogP contribution in [0.2, 0.25) is 5.02 Å². The van der Waals surface area contributed by atoms with Gasteiger partial charge in [0, 0.05) is 5.02 Å². The van der Waals surface area contributed by atoms with Gasteiger partial charge in [0.25, 0.3) is 0 Å². The van der Waals surface area contributed by atoms with Gasteiger partial charge in [-0.25, -0.2) is 0 Å². The Labute approximate surface area is 134 Å². The molecule has 1 rings (SSSR count). The number of rotatable bonds is 7. The highest BCUT2D eigenvalue weighted by Gasteiger charge is 2.39. The molecule has 6 heteroatoms. The van der Waals surface area contributed by atoms with E-state index in [1.54, 1.807) is 38.1 Å². The molecule has 0 unspecified atom stereocenters. The lowest BCUT2D eigenvalue weighted by molar-refractivity contribution is -0.146. The number of nitriles is 1. The lowest BCUT2D eigenvalue weighted by atomic mass is 9.76. The third-order valence-corrected chi connectivity index (χ3v) is 3.33. The summed E-state index contributed by atoms with van der Waals surface area (Å²) in [6, 6.07) is 8.63. The number of halogens is 1. The second kappa shape index (κ2) is 8.40. The van der Waals surface area contributed by atoms with Gasteiger partial charge in [0.05, 0.1) is 32.1 Å². The zero-order chi connectivity index (χ0) is 16.6. The first-order valence-corrected chi connectivity index (χ1v) is 7.33. The minimum Gasteiger partial charge on any atom is -0.466 e. The second-order valence-corrected chi connectivity index (χ2v) is 5.10. The van der Waals surface area contributed by atoms with Crippen LogP contribution in [0, 0.1) is 11.3 Å². The van der Waals surface area contributed by atoms with Gasteiger partial charge in [0.15, 0.2) is 0 Å². The zero-order valence-electron chi connectivity index (χ0n) is 12.6. The van der Waals surface area contributed by atoms with Crippen molar-refractivity contribution in [2.24, 2.45) is 0 Å². The van der Waals surface area contributed by atoms with Crippen LogP contribution < -0.4 is 0 Å². The van der Waals surface area contributed by atoms with E-state index in [0.29, 0.717) is 10.6 Å². The molecule has 0 saturated heterocycles. The molecule has 0 spiro atoms. The van der Waals surface area contributed by atoms with Gasteiger partial charge in [-0.3, -0.25) is 9.59 Å². The molecule has 1 aromatic carbocycles. The summed E-state index contributed by atoms with van der Waals surface area (Å²) >= 11 is 5.96. The Hall–Kier alpha value is -2.06. The van der Waals surface area contributed by atoms with Gasteiger partial charge < -0.3 is 9.47 Å². The van der Waals surface area contributed by atoms with Crippen molar-refractivity contribution < 1.29 is 19.1 Å². The number of benzene rings is 1. The smallest absolute Gasteiger partial charge is 0.307 e. The molecule has 0 bridgehead atoms. The Morgan fingerprint density at radius 1 is 1.18 bits per heavy atom. The van der Waals surface area contributed by atoms with E-state index in [9.17, 15) is 14.9 Å². The molecule has 0 aliphatic carbocycles. The summed E-state index contributed by atoms with van der Waals surface area (Å²) in [5.41, 5.74) is -0.868.